The molecule has 1 aliphatic rings. The van der Waals surface area contributed by atoms with Gasteiger partial charge in [0.25, 0.3) is 0 Å². The second kappa shape index (κ2) is 7.68. The molecule has 1 aromatic carbocycles. The number of unbranched alkanes of at least 4 members (excludes halogenated alkanes) is 1. The summed E-state index contributed by atoms with van der Waals surface area (Å²) in [6, 6.07) is 2.95. The highest BCUT2D eigenvalue weighted by atomic mass is 16.5. The molecule has 6 heteroatoms. The van der Waals surface area contributed by atoms with Gasteiger partial charge < -0.3 is 19.0 Å². The number of aryl methyl sites for hydroxylation is 1. The normalized spacial score (nSPS) is 15.7. The van der Waals surface area contributed by atoms with E-state index in [1.54, 1.807) is 0 Å². The molecule has 3 rings (SSSR count). The number of benzene rings is 1. The van der Waals surface area contributed by atoms with E-state index in [0.717, 1.165) is 45.7 Å². The van der Waals surface area contributed by atoms with E-state index < -0.39 is 0 Å². The molecule has 0 aliphatic carbocycles. The third-order valence-electron chi connectivity index (χ3n) is 4.42. The molecule has 2 aromatic rings. The molecule has 0 atom stereocenters. The Morgan fingerprint density at radius 3 is 2.79 bits per heavy atom. The van der Waals surface area contributed by atoms with Crippen LogP contribution in [0.1, 0.15) is 18.4 Å². The number of hydrogen-bond donors (Lipinski definition) is 1. The minimum Gasteiger partial charge on any atom is -0.504 e. The van der Waals surface area contributed by atoms with Crippen molar-refractivity contribution in [1.29, 1.82) is 0 Å². The highest BCUT2D eigenvalue weighted by Gasteiger charge is 2.12. The number of nitrogens with zero attached hydrogens (tertiary/aromatic N) is 1. The molecule has 1 aliphatic heterocycles. The van der Waals surface area contributed by atoms with Crippen LogP contribution >= 0.6 is 0 Å². The van der Waals surface area contributed by atoms with E-state index in [1.807, 2.05) is 0 Å². The van der Waals surface area contributed by atoms with Gasteiger partial charge in [0.05, 0.1) is 32.0 Å². The molecule has 130 valence electrons. The first kappa shape index (κ1) is 16.8. The third kappa shape index (κ3) is 3.71. The maximum absolute atomic E-state index is 12.6. The van der Waals surface area contributed by atoms with Gasteiger partial charge in [0, 0.05) is 24.7 Å². The number of ether oxygens (including phenoxy) is 2. The minimum absolute atomic E-state index is 0.0357. The first-order chi connectivity index (χ1) is 11.7. The average Bonchev–Trinajstić information content (AvgIpc) is 2.61. The van der Waals surface area contributed by atoms with Crippen LogP contribution in [0.3, 0.4) is 0 Å². The fourth-order valence-corrected chi connectivity index (χ4v) is 3.00. The molecule has 0 bridgehead atoms. The molecular weight excluding hydrogens is 310 g/mol. The summed E-state index contributed by atoms with van der Waals surface area (Å²) in [5.74, 6) is 0.241. The quantitative estimate of drug-likeness (QED) is 0.817. The van der Waals surface area contributed by atoms with Crippen molar-refractivity contribution in [3.63, 3.8) is 0 Å². The maximum Gasteiger partial charge on any atom is 0.195 e. The van der Waals surface area contributed by atoms with Gasteiger partial charge in [-0.05, 0) is 31.9 Å². The summed E-state index contributed by atoms with van der Waals surface area (Å²) in [7, 11) is 1.46. The van der Waals surface area contributed by atoms with E-state index in [1.165, 1.54) is 25.5 Å². The van der Waals surface area contributed by atoms with Crippen molar-refractivity contribution in [3.8, 4) is 11.5 Å². The Morgan fingerprint density at radius 1 is 1.25 bits per heavy atom. The molecule has 24 heavy (non-hydrogen) atoms. The van der Waals surface area contributed by atoms with Gasteiger partial charge in [0.1, 0.15) is 5.58 Å². The van der Waals surface area contributed by atoms with Crippen LogP contribution < -0.4 is 10.2 Å². The lowest BCUT2D eigenvalue weighted by atomic mass is 10.1. The minimum atomic E-state index is -0.0547. The number of methoxy groups -OCH3 is 1. The Morgan fingerprint density at radius 2 is 2.04 bits per heavy atom. The number of phenols is 1. The van der Waals surface area contributed by atoms with E-state index in [9.17, 15) is 9.90 Å². The molecule has 0 radical (unpaired) electrons. The van der Waals surface area contributed by atoms with Crippen molar-refractivity contribution in [2.45, 2.75) is 19.3 Å². The predicted molar refractivity (Wildman–Crippen MR) is 90.9 cm³/mol. The number of hydrogen-bond acceptors (Lipinski definition) is 6. The smallest absolute Gasteiger partial charge is 0.195 e. The van der Waals surface area contributed by atoms with Gasteiger partial charge in [-0.3, -0.25) is 9.69 Å². The SMILES string of the molecule is COc1cc2c(=O)c(CCCCN3CCOCC3)coc2cc1O. The van der Waals surface area contributed by atoms with Crippen LogP contribution in [0.4, 0.5) is 0 Å². The van der Waals surface area contributed by atoms with Gasteiger partial charge in [-0.2, -0.15) is 0 Å². The molecule has 0 saturated carbocycles. The van der Waals surface area contributed by atoms with Gasteiger partial charge in [0.15, 0.2) is 16.9 Å². The first-order valence-electron chi connectivity index (χ1n) is 8.30. The molecule has 0 amide bonds. The molecule has 1 N–H and O–H groups in total. The molecule has 2 heterocycles. The molecule has 0 unspecified atom stereocenters. The highest BCUT2D eigenvalue weighted by Crippen LogP contribution is 2.29. The van der Waals surface area contributed by atoms with E-state index in [-0.39, 0.29) is 16.9 Å². The first-order valence-corrected chi connectivity index (χ1v) is 8.30. The topological polar surface area (TPSA) is 72.1 Å². The summed E-state index contributed by atoms with van der Waals surface area (Å²) in [4.78, 5) is 15.0. The Kier molecular flexibility index (Phi) is 5.37. The molecule has 1 aromatic heterocycles. The fraction of sp³-hybridized carbons (Fsp3) is 0.500. The van der Waals surface area contributed by atoms with Gasteiger partial charge in [0.2, 0.25) is 0 Å². The van der Waals surface area contributed by atoms with Crippen molar-refractivity contribution in [2.75, 3.05) is 40.0 Å². The number of phenolic OH excluding ortho intramolecular Hbond substituents is 1. The van der Waals surface area contributed by atoms with Crippen molar-refractivity contribution >= 4 is 11.0 Å². The monoisotopic (exact) mass is 333 g/mol. The Hall–Kier alpha value is -2.05. The fourth-order valence-electron chi connectivity index (χ4n) is 3.00. The zero-order chi connectivity index (χ0) is 16.9. The van der Waals surface area contributed by atoms with E-state index >= 15 is 0 Å². The Balaban J connectivity index is 1.65. The van der Waals surface area contributed by atoms with Crippen LogP contribution in [0.25, 0.3) is 11.0 Å². The second-order valence-electron chi connectivity index (χ2n) is 6.02. The van der Waals surface area contributed by atoms with Crippen LogP contribution in [0.5, 0.6) is 11.5 Å². The van der Waals surface area contributed by atoms with Gasteiger partial charge in [-0.25, -0.2) is 0 Å². The highest BCUT2D eigenvalue weighted by molar-refractivity contribution is 5.81. The predicted octanol–water partition coefficient (Wildman–Crippen LogP) is 2.16. The summed E-state index contributed by atoms with van der Waals surface area (Å²) in [6.45, 7) is 4.62. The standard InChI is InChI=1S/C18H23NO5/c1-22-17-10-14-16(11-15(17)20)24-12-13(18(14)21)4-2-3-5-19-6-8-23-9-7-19/h10-12,20H,2-9H2,1H3. The molecule has 0 spiro atoms. The zero-order valence-electron chi connectivity index (χ0n) is 13.9. The van der Waals surface area contributed by atoms with Gasteiger partial charge in [-0.1, -0.05) is 0 Å². The number of fused-ring (bicyclic) bond motifs is 1. The molecule has 1 saturated heterocycles. The lowest BCUT2D eigenvalue weighted by Gasteiger charge is -2.26. The summed E-state index contributed by atoms with van der Waals surface area (Å²) in [5.41, 5.74) is 0.980. The van der Waals surface area contributed by atoms with E-state index in [2.05, 4.69) is 4.90 Å². The average molecular weight is 333 g/mol. The Labute approximate surface area is 140 Å². The summed E-state index contributed by atoms with van der Waals surface area (Å²) in [5, 5.41) is 10.2. The summed E-state index contributed by atoms with van der Waals surface area (Å²) in [6.07, 6.45) is 4.16. The molecule has 6 nitrogen and oxygen atoms in total. The number of morpholine rings is 1. The van der Waals surface area contributed by atoms with Crippen LogP contribution in [0, 0.1) is 0 Å². The van der Waals surface area contributed by atoms with Crippen molar-refractivity contribution in [1.82, 2.24) is 4.90 Å². The lowest BCUT2D eigenvalue weighted by Crippen LogP contribution is -2.36. The second-order valence-corrected chi connectivity index (χ2v) is 6.02. The summed E-state index contributed by atoms with van der Waals surface area (Å²) >= 11 is 0. The maximum atomic E-state index is 12.6. The van der Waals surface area contributed by atoms with Gasteiger partial charge >= 0.3 is 0 Å². The summed E-state index contributed by atoms with van der Waals surface area (Å²) < 4.78 is 15.9. The zero-order valence-corrected chi connectivity index (χ0v) is 13.9. The van der Waals surface area contributed by atoms with Crippen LogP contribution in [-0.2, 0) is 11.2 Å². The third-order valence-corrected chi connectivity index (χ3v) is 4.42. The lowest BCUT2D eigenvalue weighted by molar-refractivity contribution is 0.0372. The molecular formula is C18H23NO5. The van der Waals surface area contributed by atoms with Gasteiger partial charge in [-0.15, -0.1) is 0 Å². The van der Waals surface area contributed by atoms with Crippen molar-refractivity contribution < 1.29 is 19.0 Å². The van der Waals surface area contributed by atoms with Crippen LogP contribution in [0.15, 0.2) is 27.6 Å². The van der Waals surface area contributed by atoms with Crippen LogP contribution in [-0.4, -0.2) is 50.0 Å². The van der Waals surface area contributed by atoms with E-state index in [0.29, 0.717) is 23.0 Å². The largest absolute Gasteiger partial charge is 0.504 e. The Bertz CT molecular complexity index is 749. The number of aromatic hydroxyl groups is 1. The van der Waals surface area contributed by atoms with E-state index in [4.69, 9.17) is 13.9 Å². The molecule has 1 fully saturated rings. The number of rotatable bonds is 6. The van der Waals surface area contributed by atoms with Crippen molar-refractivity contribution in [3.05, 3.63) is 34.2 Å². The van der Waals surface area contributed by atoms with Crippen LogP contribution in [0.2, 0.25) is 0 Å². The van der Waals surface area contributed by atoms with Crippen molar-refractivity contribution in [2.24, 2.45) is 0 Å².